The fourth-order valence-electron chi connectivity index (χ4n) is 2.45. The molecule has 1 saturated heterocycles. The zero-order valence-corrected chi connectivity index (χ0v) is 10.8. The van der Waals surface area contributed by atoms with Gasteiger partial charge in [0.25, 0.3) is 0 Å². The Morgan fingerprint density at radius 1 is 1.25 bits per heavy atom. The summed E-state index contributed by atoms with van der Waals surface area (Å²) in [5.74, 6) is -1.59. The Bertz CT molecular complexity index is 458. The maximum Gasteiger partial charge on any atom is 0.390 e. The van der Waals surface area contributed by atoms with Crippen molar-refractivity contribution in [3.8, 4) is 5.75 Å². The van der Waals surface area contributed by atoms with E-state index in [1.54, 1.807) is 4.90 Å². The van der Waals surface area contributed by atoms with Crippen LogP contribution in [0.5, 0.6) is 5.75 Å². The normalized spacial score (nSPS) is 19.0. The van der Waals surface area contributed by atoms with Gasteiger partial charge in [-0.15, -0.1) is 0 Å². The Hall–Kier alpha value is -1.34. The molecule has 1 fully saturated rings. The number of nitrogens with zero attached hydrogens (tertiary/aromatic N) is 1. The molecule has 2 N–H and O–H groups in total. The van der Waals surface area contributed by atoms with Gasteiger partial charge >= 0.3 is 6.18 Å². The van der Waals surface area contributed by atoms with Crippen molar-refractivity contribution < 1.29 is 22.7 Å². The monoisotopic (exact) mass is 292 g/mol. The van der Waals surface area contributed by atoms with Crippen LogP contribution in [0.25, 0.3) is 0 Å². The number of para-hydroxylation sites is 1. The van der Waals surface area contributed by atoms with Crippen molar-refractivity contribution >= 4 is 0 Å². The molecule has 1 aromatic rings. The summed E-state index contributed by atoms with van der Waals surface area (Å²) < 4.78 is 51.7. The van der Waals surface area contributed by atoms with Crippen LogP contribution < -0.4 is 5.32 Å². The van der Waals surface area contributed by atoms with E-state index in [-0.39, 0.29) is 5.56 Å². The Balaban J connectivity index is 2.32. The predicted molar refractivity (Wildman–Crippen MR) is 65.9 cm³/mol. The maximum absolute atomic E-state index is 13.4. The number of alkyl halides is 3. The molecular formula is C13H16F4N2O. The van der Waals surface area contributed by atoms with Gasteiger partial charge in [0.15, 0.2) is 11.6 Å². The molecule has 0 bridgehead atoms. The number of hydrogen-bond donors (Lipinski definition) is 2. The van der Waals surface area contributed by atoms with E-state index in [4.69, 9.17) is 0 Å². The highest BCUT2D eigenvalue weighted by molar-refractivity contribution is 5.36. The lowest BCUT2D eigenvalue weighted by Gasteiger charge is -2.35. The summed E-state index contributed by atoms with van der Waals surface area (Å²) in [6.07, 6.45) is -5.49. The molecule has 0 aliphatic carbocycles. The molecule has 0 spiro atoms. The zero-order chi connectivity index (χ0) is 14.8. The lowest BCUT2D eigenvalue weighted by atomic mass is 9.99. The second kappa shape index (κ2) is 5.97. The summed E-state index contributed by atoms with van der Waals surface area (Å²) >= 11 is 0. The second-order valence-corrected chi connectivity index (χ2v) is 4.80. The lowest BCUT2D eigenvalue weighted by Crippen LogP contribution is -2.46. The average molecular weight is 292 g/mol. The molecule has 0 amide bonds. The molecule has 112 valence electrons. The highest BCUT2D eigenvalue weighted by atomic mass is 19.4. The summed E-state index contributed by atoms with van der Waals surface area (Å²) in [6, 6.07) is 2.63. The van der Waals surface area contributed by atoms with E-state index in [1.165, 1.54) is 12.1 Å². The number of aromatic hydroxyl groups is 1. The van der Waals surface area contributed by atoms with Crippen LogP contribution in [0.4, 0.5) is 17.6 Å². The molecule has 3 nitrogen and oxygen atoms in total. The van der Waals surface area contributed by atoms with Crippen LogP contribution in [-0.4, -0.2) is 42.4 Å². The number of phenols is 1. The fourth-order valence-corrected chi connectivity index (χ4v) is 2.45. The van der Waals surface area contributed by atoms with Crippen LogP contribution in [0.3, 0.4) is 0 Å². The highest BCUT2D eigenvalue weighted by Gasteiger charge is 2.37. The molecule has 1 aliphatic heterocycles. The predicted octanol–water partition coefficient (Wildman–Crippen LogP) is 2.43. The standard InChI is InChI=1S/C13H16F4N2O/c14-10-3-1-2-9(12(10)20)11(8-13(15,16)17)19-6-4-18-5-7-19/h1-3,11,18,20H,4-8H2/t11-/m1/s1. The van der Waals surface area contributed by atoms with Crippen LogP contribution >= 0.6 is 0 Å². The van der Waals surface area contributed by atoms with Crippen molar-refractivity contribution in [3.05, 3.63) is 29.6 Å². The van der Waals surface area contributed by atoms with Gasteiger partial charge in [-0.25, -0.2) is 4.39 Å². The van der Waals surface area contributed by atoms with Crippen LogP contribution in [0, 0.1) is 5.82 Å². The second-order valence-electron chi connectivity index (χ2n) is 4.80. The van der Waals surface area contributed by atoms with Gasteiger partial charge in [0.1, 0.15) is 0 Å². The SMILES string of the molecule is Oc1c(F)cccc1[C@@H](CC(F)(F)F)N1CCNCC1. The van der Waals surface area contributed by atoms with Gasteiger partial charge < -0.3 is 10.4 Å². The summed E-state index contributed by atoms with van der Waals surface area (Å²) in [5, 5.41) is 12.8. The van der Waals surface area contributed by atoms with Crippen molar-refractivity contribution in [2.45, 2.75) is 18.6 Å². The van der Waals surface area contributed by atoms with Gasteiger partial charge in [-0.2, -0.15) is 13.2 Å². The molecule has 2 rings (SSSR count). The lowest BCUT2D eigenvalue weighted by molar-refractivity contribution is -0.148. The Labute approximate surface area is 114 Å². The van der Waals surface area contributed by atoms with E-state index in [0.29, 0.717) is 26.2 Å². The van der Waals surface area contributed by atoms with E-state index in [9.17, 15) is 22.7 Å². The van der Waals surface area contributed by atoms with Crippen LogP contribution in [0.2, 0.25) is 0 Å². The number of piperazine rings is 1. The van der Waals surface area contributed by atoms with Gasteiger partial charge in [0.2, 0.25) is 0 Å². The number of rotatable bonds is 3. The fraction of sp³-hybridized carbons (Fsp3) is 0.538. The van der Waals surface area contributed by atoms with Crippen LogP contribution in [-0.2, 0) is 0 Å². The minimum Gasteiger partial charge on any atom is -0.505 e. The summed E-state index contributed by atoms with van der Waals surface area (Å²) in [7, 11) is 0. The first-order valence-corrected chi connectivity index (χ1v) is 6.37. The zero-order valence-electron chi connectivity index (χ0n) is 10.8. The first-order valence-electron chi connectivity index (χ1n) is 6.37. The van der Waals surface area contributed by atoms with Crippen molar-refractivity contribution in [1.29, 1.82) is 0 Å². The quantitative estimate of drug-likeness (QED) is 0.840. The molecule has 7 heteroatoms. The minimum absolute atomic E-state index is 0.00998. The largest absolute Gasteiger partial charge is 0.505 e. The molecule has 1 aromatic carbocycles. The molecule has 1 atom stereocenters. The molecule has 0 radical (unpaired) electrons. The first-order chi connectivity index (χ1) is 9.38. The Kier molecular flexibility index (Phi) is 4.49. The summed E-state index contributed by atoms with van der Waals surface area (Å²) in [5.41, 5.74) is -0.00998. The molecule has 20 heavy (non-hydrogen) atoms. The van der Waals surface area contributed by atoms with Gasteiger partial charge in [0, 0.05) is 37.8 Å². The van der Waals surface area contributed by atoms with Crippen LogP contribution in [0.1, 0.15) is 18.0 Å². The minimum atomic E-state index is -4.38. The summed E-state index contributed by atoms with van der Waals surface area (Å²) in [4.78, 5) is 1.62. The molecule has 0 unspecified atom stereocenters. The topological polar surface area (TPSA) is 35.5 Å². The molecular weight excluding hydrogens is 276 g/mol. The third kappa shape index (κ3) is 3.61. The number of hydrogen-bond acceptors (Lipinski definition) is 3. The first kappa shape index (κ1) is 15.1. The van der Waals surface area contributed by atoms with Gasteiger partial charge in [-0.05, 0) is 6.07 Å². The smallest absolute Gasteiger partial charge is 0.390 e. The van der Waals surface area contributed by atoms with Gasteiger partial charge in [0.05, 0.1) is 6.42 Å². The van der Waals surface area contributed by atoms with Gasteiger partial charge in [-0.1, -0.05) is 12.1 Å². The molecule has 0 aromatic heterocycles. The van der Waals surface area contributed by atoms with E-state index >= 15 is 0 Å². The van der Waals surface area contributed by atoms with Crippen molar-refractivity contribution in [2.24, 2.45) is 0 Å². The molecule has 1 heterocycles. The average Bonchev–Trinajstić information content (AvgIpc) is 2.40. The molecule has 0 saturated carbocycles. The number of benzene rings is 1. The third-order valence-corrected chi connectivity index (χ3v) is 3.39. The number of phenolic OH excluding ortho intramolecular Hbond substituents is 1. The summed E-state index contributed by atoms with van der Waals surface area (Å²) in [6.45, 7) is 2.00. The van der Waals surface area contributed by atoms with E-state index < -0.39 is 30.2 Å². The van der Waals surface area contributed by atoms with Crippen molar-refractivity contribution in [3.63, 3.8) is 0 Å². The molecule has 1 aliphatic rings. The number of halogens is 4. The third-order valence-electron chi connectivity index (χ3n) is 3.39. The van der Waals surface area contributed by atoms with Crippen molar-refractivity contribution in [2.75, 3.05) is 26.2 Å². The van der Waals surface area contributed by atoms with Gasteiger partial charge in [-0.3, -0.25) is 4.90 Å². The van der Waals surface area contributed by atoms with Crippen molar-refractivity contribution in [1.82, 2.24) is 10.2 Å². The Morgan fingerprint density at radius 2 is 1.90 bits per heavy atom. The number of nitrogens with one attached hydrogen (secondary N) is 1. The Morgan fingerprint density at radius 3 is 2.50 bits per heavy atom. The van der Waals surface area contributed by atoms with Crippen LogP contribution in [0.15, 0.2) is 18.2 Å². The van der Waals surface area contributed by atoms with E-state index in [0.717, 1.165) is 6.07 Å². The highest BCUT2D eigenvalue weighted by Crippen LogP contribution is 2.38. The maximum atomic E-state index is 13.4. The van der Waals surface area contributed by atoms with E-state index in [1.807, 2.05) is 0 Å². The van der Waals surface area contributed by atoms with E-state index in [2.05, 4.69) is 5.32 Å².